The molecule has 0 saturated heterocycles. The van der Waals surface area contributed by atoms with Gasteiger partial charge < -0.3 is 20.5 Å². The van der Waals surface area contributed by atoms with Gasteiger partial charge >= 0.3 is 18.1 Å². The van der Waals surface area contributed by atoms with Crippen LogP contribution in [-0.2, 0) is 16.0 Å². The number of ether oxygens (including phenoxy) is 1. The van der Waals surface area contributed by atoms with E-state index in [0.29, 0.717) is 11.5 Å². The van der Waals surface area contributed by atoms with E-state index in [1.54, 1.807) is 50.5 Å². The number of carboxylic acids is 1. The van der Waals surface area contributed by atoms with Crippen LogP contribution in [0, 0.1) is 0 Å². The van der Waals surface area contributed by atoms with E-state index < -0.39 is 18.1 Å². The van der Waals surface area contributed by atoms with Crippen molar-refractivity contribution in [3.8, 4) is 11.1 Å². The number of amides is 3. The zero-order chi connectivity index (χ0) is 24.5. The molecular formula is C25H26N4O5. The van der Waals surface area contributed by atoms with Gasteiger partial charge in [-0.1, -0.05) is 42.5 Å². The monoisotopic (exact) mass is 462 g/mol. The quantitative estimate of drug-likeness (QED) is 0.462. The fraction of sp³-hybridized carbons (Fsp3) is 0.200. The summed E-state index contributed by atoms with van der Waals surface area (Å²) in [5.41, 5.74) is 3.14. The van der Waals surface area contributed by atoms with Crippen molar-refractivity contribution in [1.29, 1.82) is 0 Å². The van der Waals surface area contributed by atoms with Gasteiger partial charge in [0.25, 0.3) is 0 Å². The minimum atomic E-state index is -1.14. The molecule has 0 aliphatic rings. The van der Waals surface area contributed by atoms with Gasteiger partial charge in [0.05, 0.1) is 6.61 Å². The molecule has 3 rings (SSSR count). The molecule has 176 valence electrons. The summed E-state index contributed by atoms with van der Waals surface area (Å²) in [6, 6.07) is 18.6. The third-order valence-electron chi connectivity index (χ3n) is 5.00. The molecule has 0 unspecified atom stereocenters. The Hall–Kier alpha value is -4.40. The minimum absolute atomic E-state index is 0.115. The average Bonchev–Trinajstić information content (AvgIpc) is 2.84. The number of pyridine rings is 1. The minimum Gasteiger partial charge on any atom is -0.480 e. The highest BCUT2D eigenvalue weighted by atomic mass is 16.5. The number of nitrogens with zero attached hydrogens (tertiary/aromatic N) is 2. The summed E-state index contributed by atoms with van der Waals surface area (Å²) in [4.78, 5) is 41.2. The first-order valence-corrected chi connectivity index (χ1v) is 10.7. The number of anilines is 2. The van der Waals surface area contributed by atoms with Crippen LogP contribution in [0.1, 0.15) is 12.5 Å². The molecule has 3 aromatic rings. The van der Waals surface area contributed by atoms with Crippen molar-refractivity contribution >= 4 is 29.6 Å². The molecule has 2 aromatic carbocycles. The third kappa shape index (κ3) is 6.55. The second-order valence-electron chi connectivity index (χ2n) is 7.41. The van der Waals surface area contributed by atoms with Crippen LogP contribution in [0.5, 0.6) is 0 Å². The van der Waals surface area contributed by atoms with E-state index >= 15 is 0 Å². The van der Waals surface area contributed by atoms with E-state index in [9.17, 15) is 19.5 Å². The molecule has 0 aliphatic heterocycles. The number of rotatable bonds is 8. The highest BCUT2D eigenvalue weighted by molar-refractivity contribution is 6.01. The van der Waals surface area contributed by atoms with Crippen LogP contribution in [0.2, 0.25) is 0 Å². The Balaban J connectivity index is 1.67. The van der Waals surface area contributed by atoms with Gasteiger partial charge in [-0.25, -0.2) is 19.4 Å². The normalized spacial score (nSPS) is 11.2. The Kier molecular flexibility index (Phi) is 8.17. The number of aliphatic carboxylic acids is 1. The number of carbonyl (C=O) groups is 3. The molecule has 9 nitrogen and oxygen atoms in total. The summed E-state index contributed by atoms with van der Waals surface area (Å²) in [5.74, 6) is -0.611. The average molecular weight is 463 g/mol. The second-order valence-corrected chi connectivity index (χ2v) is 7.41. The lowest BCUT2D eigenvalue weighted by Gasteiger charge is -2.17. The third-order valence-corrected chi connectivity index (χ3v) is 5.00. The Morgan fingerprint density at radius 1 is 1.03 bits per heavy atom. The molecule has 1 heterocycles. The first-order valence-electron chi connectivity index (χ1n) is 10.7. The Morgan fingerprint density at radius 2 is 1.79 bits per heavy atom. The van der Waals surface area contributed by atoms with E-state index in [0.717, 1.165) is 16.7 Å². The van der Waals surface area contributed by atoms with Gasteiger partial charge in [-0.2, -0.15) is 0 Å². The van der Waals surface area contributed by atoms with Gasteiger partial charge in [0.1, 0.15) is 11.9 Å². The number of urea groups is 1. The number of alkyl carbamates (subject to hydrolysis) is 1. The molecule has 0 radical (unpaired) electrons. The standard InChI is InChI=1S/C25H26N4O5/c1-3-34-25(33)28-21(23(30)31)15-17-10-12-18(13-11-17)19-7-6-8-20(16-19)27-24(32)29(2)22-9-4-5-14-26-22/h4-14,16,21H,3,15H2,1-2H3,(H,27,32)(H,28,33)(H,30,31)/t21-/m0/s1. The zero-order valence-corrected chi connectivity index (χ0v) is 18.9. The van der Waals surface area contributed by atoms with Crippen molar-refractivity contribution in [3.63, 3.8) is 0 Å². The van der Waals surface area contributed by atoms with Crippen molar-refractivity contribution in [2.24, 2.45) is 0 Å². The fourth-order valence-electron chi connectivity index (χ4n) is 3.22. The summed E-state index contributed by atoms with van der Waals surface area (Å²) in [5, 5.41) is 14.6. The van der Waals surface area contributed by atoms with Gasteiger partial charge in [0, 0.05) is 25.4 Å². The summed E-state index contributed by atoms with van der Waals surface area (Å²) < 4.78 is 4.77. The van der Waals surface area contributed by atoms with Crippen LogP contribution in [-0.4, -0.2) is 47.9 Å². The van der Waals surface area contributed by atoms with Crippen LogP contribution >= 0.6 is 0 Å². The van der Waals surface area contributed by atoms with Crippen molar-refractivity contribution in [2.75, 3.05) is 23.9 Å². The second kappa shape index (κ2) is 11.5. The predicted octanol–water partition coefficient (Wildman–Crippen LogP) is 4.16. The van der Waals surface area contributed by atoms with Crippen LogP contribution in [0.15, 0.2) is 72.9 Å². The largest absolute Gasteiger partial charge is 0.480 e. The molecule has 9 heteroatoms. The maximum atomic E-state index is 12.6. The van der Waals surface area contributed by atoms with Gasteiger partial charge in [-0.15, -0.1) is 0 Å². The number of nitrogens with one attached hydrogen (secondary N) is 2. The number of benzene rings is 2. The molecule has 34 heavy (non-hydrogen) atoms. The molecular weight excluding hydrogens is 436 g/mol. The van der Waals surface area contributed by atoms with Crippen LogP contribution in [0.25, 0.3) is 11.1 Å². The smallest absolute Gasteiger partial charge is 0.407 e. The Labute approximate surface area is 197 Å². The lowest BCUT2D eigenvalue weighted by atomic mass is 10.0. The number of aromatic nitrogens is 1. The maximum Gasteiger partial charge on any atom is 0.407 e. The summed E-state index contributed by atoms with van der Waals surface area (Å²) in [6.45, 7) is 1.80. The molecule has 3 amide bonds. The van der Waals surface area contributed by atoms with E-state index in [1.165, 1.54) is 4.90 Å². The topological polar surface area (TPSA) is 121 Å². The lowest BCUT2D eigenvalue weighted by Crippen LogP contribution is -2.42. The SMILES string of the molecule is CCOC(=O)N[C@@H](Cc1ccc(-c2cccc(NC(=O)N(C)c3ccccn3)c2)cc1)C(=O)O. The summed E-state index contributed by atoms with van der Waals surface area (Å²) in [6.07, 6.45) is 0.971. The molecule has 0 bridgehead atoms. The van der Waals surface area contributed by atoms with E-state index in [4.69, 9.17) is 4.74 Å². The van der Waals surface area contributed by atoms with Gasteiger partial charge in [0.15, 0.2) is 0 Å². The van der Waals surface area contributed by atoms with E-state index in [2.05, 4.69) is 15.6 Å². The van der Waals surface area contributed by atoms with Gasteiger partial charge in [-0.05, 0) is 47.9 Å². The van der Waals surface area contributed by atoms with Gasteiger partial charge in [-0.3, -0.25) is 4.90 Å². The molecule has 0 aliphatic carbocycles. The number of hydrogen-bond acceptors (Lipinski definition) is 5. The summed E-state index contributed by atoms with van der Waals surface area (Å²) >= 11 is 0. The van der Waals surface area contributed by atoms with Crippen LogP contribution < -0.4 is 15.5 Å². The molecule has 0 saturated carbocycles. The molecule has 0 spiro atoms. The fourth-order valence-corrected chi connectivity index (χ4v) is 3.22. The van der Waals surface area contributed by atoms with Crippen molar-refractivity contribution in [1.82, 2.24) is 10.3 Å². The summed E-state index contributed by atoms with van der Waals surface area (Å²) in [7, 11) is 1.64. The Bertz CT molecular complexity index is 1140. The number of hydrogen-bond donors (Lipinski definition) is 3. The lowest BCUT2D eigenvalue weighted by molar-refractivity contribution is -0.139. The molecule has 3 N–H and O–H groups in total. The van der Waals surface area contributed by atoms with Crippen molar-refractivity contribution < 1.29 is 24.2 Å². The molecule has 0 fully saturated rings. The molecule has 1 atom stereocenters. The van der Waals surface area contributed by atoms with Crippen LogP contribution in [0.4, 0.5) is 21.1 Å². The number of carbonyl (C=O) groups excluding carboxylic acids is 2. The highest BCUT2D eigenvalue weighted by Gasteiger charge is 2.21. The first-order chi connectivity index (χ1) is 16.4. The predicted molar refractivity (Wildman–Crippen MR) is 129 cm³/mol. The number of carboxylic acid groups (broad SMARTS) is 1. The highest BCUT2D eigenvalue weighted by Crippen LogP contribution is 2.24. The molecule has 1 aromatic heterocycles. The van der Waals surface area contributed by atoms with E-state index in [-0.39, 0.29) is 19.1 Å². The first kappa shape index (κ1) is 24.2. The van der Waals surface area contributed by atoms with E-state index in [1.807, 2.05) is 36.4 Å². The zero-order valence-electron chi connectivity index (χ0n) is 18.9. The maximum absolute atomic E-state index is 12.6. The van der Waals surface area contributed by atoms with Crippen molar-refractivity contribution in [2.45, 2.75) is 19.4 Å². The van der Waals surface area contributed by atoms with Crippen LogP contribution in [0.3, 0.4) is 0 Å². The van der Waals surface area contributed by atoms with Crippen molar-refractivity contribution in [3.05, 3.63) is 78.5 Å². The Morgan fingerprint density at radius 3 is 2.44 bits per heavy atom. The van der Waals surface area contributed by atoms with Gasteiger partial charge in [0.2, 0.25) is 0 Å².